The maximum atomic E-state index is 5.95. The molecule has 0 radical (unpaired) electrons. The lowest BCUT2D eigenvalue weighted by Crippen LogP contribution is -2.42. The molecule has 4 heterocycles. The highest BCUT2D eigenvalue weighted by Gasteiger charge is 2.30. The van der Waals surface area contributed by atoms with Crippen molar-refractivity contribution in [1.82, 2.24) is 20.2 Å². The molecular weight excluding hydrogens is 362 g/mol. The van der Waals surface area contributed by atoms with E-state index in [0.29, 0.717) is 0 Å². The van der Waals surface area contributed by atoms with Crippen molar-refractivity contribution in [3.8, 4) is 0 Å². The molecule has 3 aromatic rings. The summed E-state index contributed by atoms with van der Waals surface area (Å²) in [5, 5.41) is 7.74. The number of aromatic amines is 1. The second kappa shape index (κ2) is 6.99. The number of hydrogen-bond donors (Lipinski definition) is 2. The normalized spacial score (nSPS) is 18.9. The van der Waals surface area contributed by atoms with Crippen LogP contribution in [0.1, 0.15) is 37.3 Å². The molecule has 152 valence electrons. The lowest BCUT2D eigenvalue weighted by Gasteiger charge is -2.39. The SMILES string of the molecule is Cc1cccc2c1CCCN2c1n[nH]c2nc(N3CCC(C)(CN)CC3)cnc12. The number of aromatic nitrogens is 4. The van der Waals surface area contributed by atoms with Crippen LogP contribution >= 0.6 is 0 Å². The van der Waals surface area contributed by atoms with Gasteiger partial charge in [0.1, 0.15) is 5.82 Å². The average Bonchev–Trinajstić information content (AvgIpc) is 3.17. The van der Waals surface area contributed by atoms with Crippen LogP contribution in [-0.4, -0.2) is 46.3 Å². The zero-order chi connectivity index (χ0) is 20.0. The van der Waals surface area contributed by atoms with Gasteiger partial charge in [-0.2, -0.15) is 5.10 Å². The molecule has 1 saturated heterocycles. The maximum Gasteiger partial charge on any atom is 0.183 e. The Labute approximate surface area is 171 Å². The number of anilines is 3. The maximum absolute atomic E-state index is 5.95. The van der Waals surface area contributed by atoms with Crippen molar-refractivity contribution in [2.24, 2.45) is 11.1 Å². The largest absolute Gasteiger partial charge is 0.355 e. The highest BCUT2D eigenvalue weighted by Crippen LogP contribution is 2.37. The molecule has 2 aliphatic rings. The molecule has 0 bridgehead atoms. The van der Waals surface area contributed by atoms with E-state index in [1.807, 2.05) is 6.20 Å². The predicted molar refractivity (Wildman–Crippen MR) is 117 cm³/mol. The van der Waals surface area contributed by atoms with Gasteiger partial charge in [0, 0.05) is 25.3 Å². The third kappa shape index (κ3) is 3.13. The lowest BCUT2D eigenvalue weighted by atomic mass is 9.80. The van der Waals surface area contributed by atoms with Crippen LogP contribution < -0.4 is 15.5 Å². The van der Waals surface area contributed by atoms with Gasteiger partial charge in [-0.3, -0.25) is 5.10 Å². The van der Waals surface area contributed by atoms with Gasteiger partial charge in [-0.15, -0.1) is 0 Å². The summed E-state index contributed by atoms with van der Waals surface area (Å²) in [4.78, 5) is 14.2. The first kappa shape index (κ1) is 18.4. The van der Waals surface area contributed by atoms with Crippen molar-refractivity contribution < 1.29 is 0 Å². The van der Waals surface area contributed by atoms with Crippen LogP contribution in [-0.2, 0) is 6.42 Å². The number of piperidine rings is 1. The van der Waals surface area contributed by atoms with Gasteiger partial charge in [-0.1, -0.05) is 19.1 Å². The minimum Gasteiger partial charge on any atom is -0.355 e. The fourth-order valence-electron chi connectivity index (χ4n) is 4.62. The standard InChI is InChI=1S/C22H29N7/c1-15-5-3-7-17-16(15)6-4-10-29(17)21-19-20(26-27-21)25-18(13-24-19)28-11-8-22(2,14-23)9-12-28/h3,5,7,13H,4,6,8-12,14,23H2,1-2H3,(H,25,26,27). The summed E-state index contributed by atoms with van der Waals surface area (Å²) in [6, 6.07) is 6.49. The van der Waals surface area contributed by atoms with E-state index in [9.17, 15) is 0 Å². The molecule has 7 heteroatoms. The molecular formula is C22H29N7. The van der Waals surface area contributed by atoms with Crippen LogP contribution in [0.3, 0.4) is 0 Å². The number of benzene rings is 1. The van der Waals surface area contributed by atoms with E-state index in [4.69, 9.17) is 15.7 Å². The zero-order valence-corrected chi connectivity index (χ0v) is 17.3. The second-order valence-corrected chi connectivity index (χ2v) is 8.80. The Balaban J connectivity index is 1.45. The number of nitrogens with zero attached hydrogens (tertiary/aromatic N) is 5. The van der Waals surface area contributed by atoms with Gasteiger partial charge in [0.25, 0.3) is 0 Å². The first-order chi connectivity index (χ1) is 14.1. The quantitative estimate of drug-likeness (QED) is 0.712. The zero-order valence-electron chi connectivity index (χ0n) is 17.3. The topological polar surface area (TPSA) is 87.0 Å². The van der Waals surface area contributed by atoms with Crippen molar-refractivity contribution in [2.45, 2.75) is 39.5 Å². The number of nitrogens with two attached hydrogens (primary N) is 1. The molecule has 0 amide bonds. The van der Waals surface area contributed by atoms with Crippen molar-refractivity contribution in [3.63, 3.8) is 0 Å². The molecule has 2 aliphatic heterocycles. The van der Waals surface area contributed by atoms with Crippen LogP contribution in [0, 0.1) is 12.3 Å². The van der Waals surface area contributed by atoms with E-state index in [1.165, 1.54) is 16.8 Å². The summed E-state index contributed by atoms with van der Waals surface area (Å²) in [5.74, 6) is 1.79. The Morgan fingerprint density at radius 1 is 1.21 bits per heavy atom. The molecule has 0 atom stereocenters. The molecule has 5 rings (SSSR count). The van der Waals surface area contributed by atoms with E-state index in [2.05, 4.69) is 52.0 Å². The van der Waals surface area contributed by atoms with E-state index in [-0.39, 0.29) is 5.41 Å². The minimum absolute atomic E-state index is 0.245. The lowest BCUT2D eigenvalue weighted by molar-refractivity contribution is 0.258. The van der Waals surface area contributed by atoms with E-state index in [0.717, 1.165) is 74.7 Å². The Bertz CT molecular complexity index is 1030. The van der Waals surface area contributed by atoms with Crippen LogP contribution in [0.5, 0.6) is 0 Å². The van der Waals surface area contributed by atoms with Gasteiger partial charge < -0.3 is 15.5 Å². The number of aryl methyl sites for hydroxylation is 1. The molecule has 29 heavy (non-hydrogen) atoms. The first-order valence-electron chi connectivity index (χ1n) is 10.6. The summed E-state index contributed by atoms with van der Waals surface area (Å²) in [6.45, 7) is 8.08. The third-order valence-corrected chi connectivity index (χ3v) is 6.77. The summed E-state index contributed by atoms with van der Waals surface area (Å²) < 4.78 is 0. The first-order valence-corrected chi connectivity index (χ1v) is 10.6. The molecule has 2 aromatic heterocycles. The number of nitrogens with one attached hydrogen (secondary N) is 1. The van der Waals surface area contributed by atoms with Gasteiger partial charge in [0.15, 0.2) is 17.0 Å². The van der Waals surface area contributed by atoms with E-state index < -0.39 is 0 Å². The van der Waals surface area contributed by atoms with Gasteiger partial charge in [0.05, 0.1) is 6.20 Å². The van der Waals surface area contributed by atoms with Crippen LogP contribution in [0.4, 0.5) is 17.3 Å². The van der Waals surface area contributed by atoms with Crippen molar-refractivity contribution in [1.29, 1.82) is 0 Å². The van der Waals surface area contributed by atoms with E-state index in [1.54, 1.807) is 0 Å². The molecule has 0 saturated carbocycles. The van der Waals surface area contributed by atoms with Gasteiger partial charge in [0.2, 0.25) is 0 Å². The predicted octanol–water partition coefficient (Wildman–Crippen LogP) is 3.31. The monoisotopic (exact) mass is 391 g/mol. The van der Waals surface area contributed by atoms with Gasteiger partial charge >= 0.3 is 0 Å². The number of hydrogen-bond acceptors (Lipinski definition) is 6. The second-order valence-electron chi connectivity index (χ2n) is 8.80. The Hall–Kier alpha value is -2.67. The molecule has 0 unspecified atom stereocenters. The van der Waals surface area contributed by atoms with Crippen molar-refractivity contribution in [3.05, 3.63) is 35.5 Å². The molecule has 7 nitrogen and oxygen atoms in total. The Kier molecular flexibility index (Phi) is 4.42. The van der Waals surface area contributed by atoms with E-state index >= 15 is 0 Å². The van der Waals surface area contributed by atoms with Crippen LogP contribution in [0.15, 0.2) is 24.4 Å². The summed E-state index contributed by atoms with van der Waals surface area (Å²) in [7, 11) is 0. The summed E-state index contributed by atoms with van der Waals surface area (Å²) in [6.07, 6.45) is 6.30. The molecule has 1 aromatic carbocycles. The molecule has 1 fully saturated rings. The van der Waals surface area contributed by atoms with Crippen LogP contribution in [0.2, 0.25) is 0 Å². The average molecular weight is 392 g/mol. The Morgan fingerprint density at radius 2 is 2.03 bits per heavy atom. The minimum atomic E-state index is 0.245. The molecule has 3 N–H and O–H groups in total. The highest BCUT2D eigenvalue weighted by atomic mass is 15.3. The van der Waals surface area contributed by atoms with Crippen LogP contribution in [0.25, 0.3) is 11.2 Å². The summed E-state index contributed by atoms with van der Waals surface area (Å²) in [5.41, 5.74) is 11.8. The van der Waals surface area contributed by atoms with Gasteiger partial charge in [-0.05, 0) is 61.8 Å². The van der Waals surface area contributed by atoms with Crippen molar-refractivity contribution in [2.75, 3.05) is 36.0 Å². The fourth-order valence-corrected chi connectivity index (χ4v) is 4.62. The number of rotatable bonds is 3. The Morgan fingerprint density at radius 3 is 2.83 bits per heavy atom. The molecule has 0 aliphatic carbocycles. The number of H-pyrrole nitrogens is 1. The summed E-state index contributed by atoms with van der Waals surface area (Å²) >= 11 is 0. The smallest absolute Gasteiger partial charge is 0.183 e. The third-order valence-electron chi connectivity index (χ3n) is 6.77. The fraction of sp³-hybridized carbons (Fsp3) is 0.500. The molecule has 0 spiro atoms. The number of fused-ring (bicyclic) bond motifs is 2. The van der Waals surface area contributed by atoms with Gasteiger partial charge in [-0.25, -0.2) is 9.97 Å². The van der Waals surface area contributed by atoms with Crippen molar-refractivity contribution >= 4 is 28.5 Å². The highest BCUT2D eigenvalue weighted by molar-refractivity contribution is 5.88.